The number of carbonyl (C=O) groups is 3. The average Bonchev–Trinajstić information content (AvgIpc) is 3.33. The van der Waals surface area contributed by atoms with E-state index >= 15 is 4.39 Å². The van der Waals surface area contributed by atoms with Gasteiger partial charge in [-0.15, -0.1) is 0 Å². The van der Waals surface area contributed by atoms with Crippen molar-refractivity contribution >= 4 is 40.6 Å². The molecule has 4 rings (SSSR count). The number of nitrogen functional groups attached to an aromatic ring is 1. The van der Waals surface area contributed by atoms with Gasteiger partial charge < -0.3 is 26.3 Å². The largest absolute Gasteiger partial charge is 0.493 e. The Hall–Kier alpha value is -4.19. The SMILES string of the molecule is COc1ccc([C@@H](C(=O)NC2CCCCC2)N(C(=O)c2snc(C(N)=O)c2N)c2ccccc2F)cc1OC. The number of nitrogens with one attached hydrogen (secondary N) is 1. The summed E-state index contributed by atoms with van der Waals surface area (Å²) in [6.07, 6.45) is 4.60. The van der Waals surface area contributed by atoms with Crippen LogP contribution in [0.2, 0.25) is 0 Å². The summed E-state index contributed by atoms with van der Waals surface area (Å²) >= 11 is 0.649. The first-order chi connectivity index (χ1) is 18.8. The molecule has 1 atom stereocenters. The van der Waals surface area contributed by atoms with E-state index in [0.717, 1.165) is 37.0 Å². The zero-order valence-corrected chi connectivity index (χ0v) is 22.4. The predicted octanol–water partition coefficient (Wildman–Crippen LogP) is 3.82. The minimum Gasteiger partial charge on any atom is -0.493 e. The highest BCUT2D eigenvalue weighted by molar-refractivity contribution is 7.09. The Morgan fingerprint density at radius 2 is 1.77 bits per heavy atom. The molecule has 12 heteroatoms. The monoisotopic (exact) mass is 555 g/mol. The number of methoxy groups -OCH3 is 2. The highest BCUT2D eigenvalue weighted by atomic mass is 32.1. The molecule has 2 aromatic carbocycles. The molecule has 0 aliphatic heterocycles. The van der Waals surface area contributed by atoms with Crippen LogP contribution in [-0.4, -0.2) is 42.4 Å². The van der Waals surface area contributed by atoms with Crippen molar-refractivity contribution in [2.24, 2.45) is 5.73 Å². The Morgan fingerprint density at radius 3 is 2.38 bits per heavy atom. The third kappa shape index (κ3) is 5.80. The number of nitrogens with two attached hydrogens (primary N) is 2. The number of halogens is 1. The van der Waals surface area contributed by atoms with E-state index in [-0.39, 0.29) is 28.0 Å². The lowest BCUT2D eigenvalue weighted by molar-refractivity contribution is -0.123. The van der Waals surface area contributed by atoms with Gasteiger partial charge in [0.2, 0.25) is 5.91 Å². The van der Waals surface area contributed by atoms with E-state index in [4.69, 9.17) is 20.9 Å². The molecular weight excluding hydrogens is 525 g/mol. The molecule has 1 fully saturated rings. The second-order valence-corrected chi connectivity index (χ2v) is 9.90. The van der Waals surface area contributed by atoms with E-state index in [2.05, 4.69) is 9.69 Å². The maximum atomic E-state index is 15.3. The van der Waals surface area contributed by atoms with Crippen LogP contribution in [0.4, 0.5) is 15.8 Å². The molecule has 1 aromatic heterocycles. The summed E-state index contributed by atoms with van der Waals surface area (Å²) in [6.45, 7) is 0. The summed E-state index contributed by atoms with van der Waals surface area (Å²) in [6, 6.07) is 8.94. The topological polar surface area (TPSA) is 150 Å². The number of ether oxygens (including phenoxy) is 2. The van der Waals surface area contributed by atoms with Gasteiger partial charge in [0.15, 0.2) is 17.2 Å². The fraction of sp³-hybridized carbons (Fsp3) is 0.333. The van der Waals surface area contributed by atoms with Gasteiger partial charge in [-0.1, -0.05) is 37.5 Å². The van der Waals surface area contributed by atoms with Gasteiger partial charge in [-0.2, -0.15) is 4.37 Å². The molecule has 1 saturated carbocycles. The number of para-hydroxylation sites is 1. The molecule has 10 nitrogen and oxygen atoms in total. The minimum atomic E-state index is -1.34. The summed E-state index contributed by atoms with van der Waals surface area (Å²) in [4.78, 5) is 40.8. The van der Waals surface area contributed by atoms with Crippen molar-refractivity contribution in [2.75, 3.05) is 24.9 Å². The molecule has 206 valence electrons. The second-order valence-electron chi connectivity index (χ2n) is 9.13. The van der Waals surface area contributed by atoms with Crippen LogP contribution < -0.4 is 31.2 Å². The Balaban J connectivity index is 1.90. The molecule has 1 aliphatic carbocycles. The van der Waals surface area contributed by atoms with Crippen molar-refractivity contribution in [1.82, 2.24) is 9.69 Å². The van der Waals surface area contributed by atoms with Crippen LogP contribution >= 0.6 is 11.5 Å². The number of primary amides is 1. The standard InChI is InChI=1S/C27H30FN5O5S/c1-37-19-13-12-15(14-20(19)38-2)23(26(35)31-16-8-4-3-5-9-16)33(18-11-7-6-10-17(18)28)27(36)24-21(29)22(25(30)34)32-39-24/h6-7,10-14,16,23H,3-5,8-9,29H2,1-2H3,(H2,30,34)(H,31,35)/t23-/m0/s1. The Labute approximate surface area is 229 Å². The molecule has 3 amide bonds. The van der Waals surface area contributed by atoms with Crippen molar-refractivity contribution in [2.45, 2.75) is 44.2 Å². The molecule has 1 heterocycles. The number of aromatic nitrogens is 1. The van der Waals surface area contributed by atoms with Gasteiger partial charge in [0.05, 0.1) is 25.6 Å². The molecular formula is C27H30FN5O5S. The average molecular weight is 556 g/mol. The van der Waals surface area contributed by atoms with E-state index in [1.807, 2.05) is 0 Å². The van der Waals surface area contributed by atoms with Gasteiger partial charge in [-0.05, 0) is 54.2 Å². The molecule has 0 saturated heterocycles. The van der Waals surface area contributed by atoms with Gasteiger partial charge in [0.25, 0.3) is 11.8 Å². The third-order valence-corrected chi connectivity index (χ3v) is 7.52. The molecule has 0 bridgehead atoms. The zero-order chi connectivity index (χ0) is 28.1. The summed E-state index contributed by atoms with van der Waals surface area (Å²) in [5.74, 6) is -2.24. The van der Waals surface area contributed by atoms with Crippen LogP contribution in [0.25, 0.3) is 0 Å². The first-order valence-corrected chi connectivity index (χ1v) is 13.2. The van der Waals surface area contributed by atoms with Crippen molar-refractivity contribution in [3.63, 3.8) is 0 Å². The van der Waals surface area contributed by atoms with Gasteiger partial charge >= 0.3 is 0 Å². The van der Waals surface area contributed by atoms with Crippen molar-refractivity contribution in [3.05, 3.63) is 64.4 Å². The van der Waals surface area contributed by atoms with Crippen LogP contribution in [0.3, 0.4) is 0 Å². The predicted molar refractivity (Wildman–Crippen MR) is 146 cm³/mol. The summed E-state index contributed by atoms with van der Waals surface area (Å²) in [5, 5.41) is 3.05. The lowest BCUT2D eigenvalue weighted by Crippen LogP contribution is -2.47. The maximum Gasteiger partial charge on any atom is 0.273 e. The molecule has 0 unspecified atom stereocenters. The van der Waals surface area contributed by atoms with E-state index in [9.17, 15) is 14.4 Å². The van der Waals surface area contributed by atoms with Crippen LogP contribution in [-0.2, 0) is 4.79 Å². The summed E-state index contributed by atoms with van der Waals surface area (Å²) in [7, 11) is 2.92. The molecule has 0 radical (unpaired) electrons. The molecule has 0 spiro atoms. The highest BCUT2D eigenvalue weighted by Crippen LogP contribution is 2.37. The van der Waals surface area contributed by atoms with Crippen LogP contribution in [0, 0.1) is 5.82 Å². The lowest BCUT2D eigenvalue weighted by atomic mass is 9.94. The van der Waals surface area contributed by atoms with Gasteiger partial charge in [0.1, 0.15) is 16.7 Å². The number of benzene rings is 2. The van der Waals surface area contributed by atoms with Gasteiger partial charge in [-0.3, -0.25) is 19.3 Å². The second kappa shape index (κ2) is 12.1. The van der Waals surface area contributed by atoms with E-state index < -0.39 is 29.6 Å². The van der Waals surface area contributed by atoms with Crippen LogP contribution in [0.1, 0.15) is 63.9 Å². The van der Waals surface area contributed by atoms with Crippen LogP contribution in [0.15, 0.2) is 42.5 Å². The molecule has 39 heavy (non-hydrogen) atoms. The fourth-order valence-electron chi connectivity index (χ4n) is 4.72. The smallest absolute Gasteiger partial charge is 0.273 e. The molecule has 3 aromatic rings. The normalized spacial score (nSPS) is 14.3. The number of carbonyl (C=O) groups excluding carboxylic acids is 3. The Kier molecular flexibility index (Phi) is 8.65. The quantitative estimate of drug-likeness (QED) is 0.363. The maximum absolute atomic E-state index is 15.3. The van der Waals surface area contributed by atoms with E-state index in [0.29, 0.717) is 28.6 Å². The molecule has 5 N–H and O–H groups in total. The highest BCUT2D eigenvalue weighted by Gasteiger charge is 2.38. The third-order valence-electron chi connectivity index (χ3n) is 6.67. The van der Waals surface area contributed by atoms with Crippen molar-refractivity contribution in [1.29, 1.82) is 0 Å². The lowest BCUT2D eigenvalue weighted by Gasteiger charge is -2.33. The minimum absolute atomic E-state index is 0.0959. The number of anilines is 2. The van der Waals surface area contributed by atoms with Crippen LogP contribution in [0.5, 0.6) is 11.5 Å². The Bertz CT molecular complexity index is 1370. The number of nitrogens with zero attached hydrogens (tertiary/aromatic N) is 2. The number of hydrogen-bond acceptors (Lipinski definition) is 8. The van der Waals surface area contributed by atoms with Gasteiger partial charge in [-0.25, -0.2) is 4.39 Å². The number of hydrogen-bond donors (Lipinski definition) is 3. The van der Waals surface area contributed by atoms with E-state index in [1.165, 1.54) is 32.4 Å². The molecule has 1 aliphatic rings. The summed E-state index contributed by atoms with van der Waals surface area (Å²) in [5.41, 5.74) is 11.1. The Morgan fingerprint density at radius 1 is 1.08 bits per heavy atom. The fourth-order valence-corrected chi connectivity index (χ4v) is 5.46. The van der Waals surface area contributed by atoms with Crippen molar-refractivity contribution in [3.8, 4) is 11.5 Å². The number of rotatable bonds is 9. The zero-order valence-electron chi connectivity index (χ0n) is 21.6. The van der Waals surface area contributed by atoms with Gasteiger partial charge in [0, 0.05) is 6.04 Å². The summed E-state index contributed by atoms with van der Waals surface area (Å²) < 4.78 is 30.0. The first-order valence-electron chi connectivity index (χ1n) is 12.4. The van der Waals surface area contributed by atoms with E-state index in [1.54, 1.807) is 24.3 Å². The first kappa shape index (κ1) is 27.8. The van der Waals surface area contributed by atoms with Crippen molar-refractivity contribution < 1.29 is 28.2 Å². The number of amides is 3.